The second-order valence-corrected chi connectivity index (χ2v) is 8.60. The van der Waals surface area contributed by atoms with Crippen molar-refractivity contribution in [2.75, 3.05) is 0 Å². The first-order chi connectivity index (χ1) is 13.5. The van der Waals surface area contributed by atoms with E-state index in [1.807, 2.05) is 26.8 Å². The van der Waals surface area contributed by atoms with E-state index < -0.39 is 42.0 Å². The molecule has 1 aliphatic heterocycles. The van der Waals surface area contributed by atoms with E-state index in [0.29, 0.717) is 6.42 Å². The summed E-state index contributed by atoms with van der Waals surface area (Å²) in [4.78, 5) is 24.9. The van der Waals surface area contributed by atoms with Crippen LogP contribution in [-0.4, -0.2) is 51.5 Å². The van der Waals surface area contributed by atoms with Gasteiger partial charge in [-0.25, -0.2) is 0 Å². The molecule has 1 rings (SSSR count). The van der Waals surface area contributed by atoms with E-state index in [2.05, 4.69) is 0 Å². The summed E-state index contributed by atoms with van der Waals surface area (Å²) in [5.41, 5.74) is 0.889. The molecule has 0 fully saturated rings. The number of hydrogen-bond acceptors (Lipinski definition) is 6. The Kier molecular flexibility index (Phi) is 10.2. The second kappa shape index (κ2) is 11.6. The molecule has 0 spiro atoms. The van der Waals surface area contributed by atoms with Crippen molar-refractivity contribution < 1.29 is 29.6 Å². The highest BCUT2D eigenvalue weighted by Crippen LogP contribution is 2.28. The zero-order chi connectivity index (χ0) is 22.3. The number of ketones is 1. The van der Waals surface area contributed by atoms with Gasteiger partial charge in [0.1, 0.15) is 6.10 Å². The lowest BCUT2D eigenvalue weighted by Crippen LogP contribution is -2.42. The number of carbonyl (C=O) groups is 2. The molecule has 3 N–H and O–H groups in total. The van der Waals surface area contributed by atoms with Crippen LogP contribution in [-0.2, 0) is 14.3 Å². The predicted octanol–water partition coefficient (Wildman–Crippen LogP) is 2.80. The Balaban J connectivity index is 3.24. The third-order valence-corrected chi connectivity index (χ3v) is 6.00. The highest BCUT2D eigenvalue weighted by Gasteiger charge is 2.35. The number of ether oxygens (including phenoxy) is 1. The van der Waals surface area contributed by atoms with Crippen molar-refractivity contribution in [1.82, 2.24) is 0 Å². The van der Waals surface area contributed by atoms with Crippen molar-refractivity contribution in [3.05, 3.63) is 23.8 Å². The van der Waals surface area contributed by atoms with Crippen molar-refractivity contribution in [2.45, 2.75) is 85.2 Å². The van der Waals surface area contributed by atoms with Crippen LogP contribution in [0.5, 0.6) is 0 Å². The van der Waals surface area contributed by atoms with Gasteiger partial charge in [0.2, 0.25) is 0 Å². The average molecular weight is 411 g/mol. The van der Waals surface area contributed by atoms with Crippen LogP contribution >= 0.6 is 0 Å². The first kappa shape index (κ1) is 25.5. The summed E-state index contributed by atoms with van der Waals surface area (Å²) in [5.74, 6) is -2.29. The van der Waals surface area contributed by atoms with E-state index in [1.54, 1.807) is 26.8 Å². The highest BCUT2D eigenvalue weighted by molar-refractivity contribution is 5.91. The number of esters is 1. The molecule has 0 saturated carbocycles. The zero-order valence-electron chi connectivity index (χ0n) is 18.5. The Labute approximate surface area is 174 Å². The molecule has 0 bridgehead atoms. The molecule has 0 unspecified atom stereocenters. The van der Waals surface area contributed by atoms with Gasteiger partial charge in [-0.05, 0) is 32.8 Å². The van der Waals surface area contributed by atoms with Crippen LogP contribution in [0.15, 0.2) is 23.8 Å². The van der Waals surface area contributed by atoms with E-state index in [9.17, 15) is 24.9 Å². The number of allylic oxidation sites excluding steroid dienone is 3. The molecule has 0 aromatic heterocycles. The van der Waals surface area contributed by atoms with Gasteiger partial charge in [0.25, 0.3) is 0 Å². The monoisotopic (exact) mass is 410 g/mol. The minimum atomic E-state index is -1.11. The first-order valence-electron chi connectivity index (χ1n) is 10.6. The van der Waals surface area contributed by atoms with E-state index in [-0.39, 0.29) is 30.6 Å². The SMILES string of the molecule is CC[C@H]1OC(=O)C[C@@H](O)[C@H](C)[C@@H](O)[C@@H]([C@H](C)O)C[C@@H](C)C(=O)/C=C/C(C)=C/[C@@H]1C. The number of rotatable bonds is 2. The van der Waals surface area contributed by atoms with Crippen LogP contribution in [0.25, 0.3) is 0 Å². The van der Waals surface area contributed by atoms with Crippen molar-refractivity contribution >= 4 is 11.8 Å². The second-order valence-electron chi connectivity index (χ2n) is 8.60. The van der Waals surface area contributed by atoms with Gasteiger partial charge in [-0.15, -0.1) is 0 Å². The molecule has 1 aliphatic rings. The van der Waals surface area contributed by atoms with Crippen LogP contribution in [0, 0.1) is 23.7 Å². The molecule has 8 atom stereocenters. The Hall–Kier alpha value is -1.50. The number of aliphatic hydroxyl groups is 3. The van der Waals surface area contributed by atoms with Gasteiger partial charge in [0.15, 0.2) is 5.78 Å². The lowest BCUT2D eigenvalue weighted by atomic mass is 9.79. The Morgan fingerprint density at radius 1 is 1.17 bits per heavy atom. The molecule has 0 amide bonds. The summed E-state index contributed by atoms with van der Waals surface area (Å²) in [6, 6.07) is 0. The molecule has 0 radical (unpaired) electrons. The first-order valence-corrected chi connectivity index (χ1v) is 10.6. The molecule has 0 aliphatic carbocycles. The average Bonchev–Trinajstić information content (AvgIpc) is 2.65. The van der Waals surface area contributed by atoms with Crippen molar-refractivity contribution in [3.8, 4) is 0 Å². The predicted molar refractivity (Wildman–Crippen MR) is 112 cm³/mol. The van der Waals surface area contributed by atoms with E-state index in [4.69, 9.17) is 4.74 Å². The summed E-state index contributed by atoms with van der Waals surface area (Å²) in [5, 5.41) is 31.4. The summed E-state index contributed by atoms with van der Waals surface area (Å²) < 4.78 is 5.56. The normalized spacial score (nSPS) is 39.9. The van der Waals surface area contributed by atoms with Gasteiger partial charge in [-0.1, -0.05) is 45.4 Å². The minimum absolute atomic E-state index is 0.0474. The molecule has 6 heteroatoms. The topological polar surface area (TPSA) is 104 Å². The molecule has 29 heavy (non-hydrogen) atoms. The molecule has 6 nitrogen and oxygen atoms in total. The van der Waals surface area contributed by atoms with Crippen molar-refractivity contribution in [3.63, 3.8) is 0 Å². The molecule has 1 heterocycles. The van der Waals surface area contributed by atoms with Gasteiger partial charge in [-0.2, -0.15) is 0 Å². The molecule has 0 saturated heterocycles. The Morgan fingerprint density at radius 2 is 1.79 bits per heavy atom. The van der Waals surface area contributed by atoms with Crippen molar-refractivity contribution in [1.29, 1.82) is 0 Å². The zero-order valence-corrected chi connectivity index (χ0v) is 18.5. The number of aliphatic hydroxyl groups excluding tert-OH is 3. The summed E-state index contributed by atoms with van der Waals surface area (Å²) in [7, 11) is 0. The van der Waals surface area contributed by atoms with Crippen LogP contribution < -0.4 is 0 Å². The quantitative estimate of drug-likeness (QED) is 0.605. The Morgan fingerprint density at radius 3 is 2.34 bits per heavy atom. The third kappa shape index (κ3) is 7.68. The summed E-state index contributed by atoms with van der Waals surface area (Å²) >= 11 is 0. The standard InChI is InChI=1S/C23H38O6/c1-7-21-15(4)10-13(2)8-9-19(25)14(3)11-18(17(6)24)23(28)16(5)20(26)12-22(27)29-21/h8-10,14-18,20-21,23-24,26,28H,7,11-12H2,1-6H3/b9-8+,13-10+/t14-,15+,16+,17+,18-,20-,21-,23-/m1/s1. The van der Waals surface area contributed by atoms with Gasteiger partial charge in [0.05, 0.1) is 24.7 Å². The maximum atomic E-state index is 12.5. The molecular weight excluding hydrogens is 372 g/mol. The van der Waals surface area contributed by atoms with Crippen molar-refractivity contribution in [2.24, 2.45) is 23.7 Å². The fourth-order valence-electron chi connectivity index (χ4n) is 3.86. The van der Waals surface area contributed by atoms with Crippen LogP contribution in [0.1, 0.15) is 60.8 Å². The molecule has 0 aromatic carbocycles. The number of carbonyl (C=O) groups excluding carboxylic acids is 2. The summed E-state index contributed by atoms with van der Waals surface area (Å²) in [6.45, 7) is 10.7. The molecule has 166 valence electrons. The highest BCUT2D eigenvalue weighted by atomic mass is 16.5. The van der Waals surface area contributed by atoms with Crippen LogP contribution in [0.2, 0.25) is 0 Å². The number of hydrogen-bond donors (Lipinski definition) is 3. The number of cyclic esters (lactones) is 1. The fourth-order valence-corrected chi connectivity index (χ4v) is 3.86. The van der Waals surface area contributed by atoms with Gasteiger partial charge in [0, 0.05) is 23.7 Å². The molecule has 0 aromatic rings. The lowest BCUT2D eigenvalue weighted by molar-refractivity contribution is -0.155. The van der Waals surface area contributed by atoms with E-state index in [1.165, 1.54) is 6.08 Å². The maximum absolute atomic E-state index is 12.5. The van der Waals surface area contributed by atoms with Gasteiger partial charge < -0.3 is 20.1 Å². The fraction of sp³-hybridized carbons (Fsp3) is 0.739. The smallest absolute Gasteiger partial charge is 0.308 e. The van der Waals surface area contributed by atoms with E-state index >= 15 is 0 Å². The van der Waals surface area contributed by atoms with Gasteiger partial charge in [-0.3, -0.25) is 9.59 Å². The Bertz CT molecular complexity index is 608. The molecular formula is C23H38O6. The minimum Gasteiger partial charge on any atom is -0.462 e. The van der Waals surface area contributed by atoms with E-state index in [0.717, 1.165) is 5.57 Å². The summed E-state index contributed by atoms with van der Waals surface area (Å²) in [6.07, 6.45) is 2.52. The van der Waals surface area contributed by atoms with Crippen LogP contribution in [0.3, 0.4) is 0 Å². The largest absolute Gasteiger partial charge is 0.462 e. The van der Waals surface area contributed by atoms with Crippen LogP contribution in [0.4, 0.5) is 0 Å². The lowest BCUT2D eigenvalue weighted by Gasteiger charge is -2.33. The third-order valence-electron chi connectivity index (χ3n) is 6.00. The van der Waals surface area contributed by atoms with Gasteiger partial charge >= 0.3 is 5.97 Å². The maximum Gasteiger partial charge on any atom is 0.308 e.